The van der Waals surface area contributed by atoms with Crippen LogP contribution < -0.4 is 14.8 Å². The van der Waals surface area contributed by atoms with Crippen molar-refractivity contribution in [3.8, 4) is 11.5 Å². The van der Waals surface area contributed by atoms with Gasteiger partial charge in [0.1, 0.15) is 0 Å². The van der Waals surface area contributed by atoms with Crippen molar-refractivity contribution in [2.75, 3.05) is 13.7 Å². The fraction of sp³-hybridized carbons (Fsp3) is 0.647. The van der Waals surface area contributed by atoms with Crippen LogP contribution in [0.5, 0.6) is 11.5 Å². The predicted molar refractivity (Wildman–Crippen MR) is 92.2 cm³/mol. The topological polar surface area (TPSA) is 30.5 Å². The number of methoxy groups -OCH3 is 1. The SMILES string of the molecule is CCCOc1c(Br)cc(CNC(CC)C(C)C)cc1OC. The summed E-state index contributed by atoms with van der Waals surface area (Å²) in [7, 11) is 1.68. The van der Waals surface area contributed by atoms with Crippen molar-refractivity contribution in [1.82, 2.24) is 5.32 Å². The Morgan fingerprint density at radius 3 is 2.48 bits per heavy atom. The van der Waals surface area contributed by atoms with E-state index in [4.69, 9.17) is 9.47 Å². The third-order valence-corrected chi connectivity index (χ3v) is 4.14. The molecule has 0 aromatic heterocycles. The van der Waals surface area contributed by atoms with Gasteiger partial charge in [-0.2, -0.15) is 0 Å². The lowest BCUT2D eigenvalue weighted by atomic mass is 10.0. The first kappa shape index (κ1) is 18.3. The Morgan fingerprint density at radius 2 is 1.95 bits per heavy atom. The van der Waals surface area contributed by atoms with Crippen LogP contribution in [0.1, 0.15) is 46.1 Å². The third-order valence-electron chi connectivity index (χ3n) is 3.55. The fourth-order valence-corrected chi connectivity index (χ4v) is 2.92. The second-order valence-corrected chi connectivity index (χ2v) is 6.45. The molecular formula is C17H28BrNO2. The zero-order valence-corrected chi connectivity index (χ0v) is 15.4. The minimum atomic E-state index is 0.533. The first-order chi connectivity index (χ1) is 10.0. The Morgan fingerprint density at radius 1 is 1.24 bits per heavy atom. The Hall–Kier alpha value is -0.740. The van der Waals surface area contributed by atoms with Gasteiger partial charge in [-0.3, -0.25) is 0 Å². The van der Waals surface area contributed by atoms with Crippen molar-refractivity contribution in [3.63, 3.8) is 0 Å². The van der Waals surface area contributed by atoms with Crippen LogP contribution in [0.25, 0.3) is 0 Å². The number of ether oxygens (including phenoxy) is 2. The maximum Gasteiger partial charge on any atom is 0.175 e. The van der Waals surface area contributed by atoms with Crippen molar-refractivity contribution in [2.24, 2.45) is 5.92 Å². The summed E-state index contributed by atoms with van der Waals surface area (Å²) in [5, 5.41) is 3.61. The van der Waals surface area contributed by atoms with E-state index in [1.54, 1.807) is 7.11 Å². The molecular weight excluding hydrogens is 330 g/mol. The highest BCUT2D eigenvalue weighted by atomic mass is 79.9. The molecule has 4 heteroatoms. The van der Waals surface area contributed by atoms with Crippen molar-refractivity contribution < 1.29 is 9.47 Å². The van der Waals surface area contributed by atoms with Gasteiger partial charge in [-0.1, -0.05) is 27.7 Å². The molecule has 1 unspecified atom stereocenters. The first-order valence-corrected chi connectivity index (χ1v) is 8.55. The standard InChI is InChI=1S/C17H28BrNO2/c1-6-8-21-17-14(18)9-13(10-16(17)20-5)11-19-15(7-2)12(3)4/h9-10,12,15,19H,6-8,11H2,1-5H3. The second-order valence-electron chi connectivity index (χ2n) is 5.60. The molecule has 0 radical (unpaired) electrons. The molecule has 0 fully saturated rings. The van der Waals surface area contributed by atoms with E-state index in [-0.39, 0.29) is 0 Å². The Labute approximate surface area is 137 Å². The van der Waals surface area contributed by atoms with Crippen molar-refractivity contribution >= 4 is 15.9 Å². The highest BCUT2D eigenvalue weighted by Gasteiger charge is 2.14. The van der Waals surface area contributed by atoms with Gasteiger partial charge in [0.2, 0.25) is 0 Å². The number of hydrogen-bond donors (Lipinski definition) is 1. The Balaban J connectivity index is 2.82. The summed E-state index contributed by atoms with van der Waals surface area (Å²) < 4.78 is 12.2. The molecule has 1 N–H and O–H groups in total. The lowest BCUT2D eigenvalue weighted by Gasteiger charge is -2.21. The first-order valence-electron chi connectivity index (χ1n) is 7.76. The summed E-state index contributed by atoms with van der Waals surface area (Å²) in [6.45, 7) is 10.3. The van der Waals surface area contributed by atoms with E-state index < -0.39 is 0 Å². The number of nitrogens with one attached hydrogen (secondary N) is 1. The van der Waals surface area contributed by atoms with Crippen LogP contribution >= 0.6 is 15.9 Å². The van der Waals surface area contributed by atoms with Crippen molar-refractivity contribution in [1.29, 1.82) is 0 Å². The molecule has 0 amide bonds. The van der Waals surface area contributed by atoms with Crippen molar-refractivity contribution in [3.05, 3.63) is 22.2 Å². The smallest absolute Gasteiger partial charge is 0.175 e. The van der Waals surface area contributed by atoms with Gasteiger partial charge in [-0.15, -0.1) is 0 Å². The number of halogens is 1. The van der Waals surface area contributed by atoms with Gasteiger partial charge in [0.15, 0.2) is 11.5 Å². The maximum atomic E-state index is 5.76. The van der Waals surface area contributed by atoms with Crippen LogP contribution in [0.15, 0.2) is 16.6 Å². The molecule has 0 bridgehead atoms. The molecule has 0 heterocycles. The van der Waals surface area contributed by atoms with Crippen molar-refractivity contribution in [2.45, 2.75) is 53.1 Å². The monoisotopic (exact) mass is 357 g/mol. The number of benzene rings is 1. The van der Waals surface area contributed by atoms with Gasteiger partial charge in [0.25, 0.3) is 0 Å². The molecule has 1 rings (SSSR count). The maximum absolute atomic E-state index is 5.76. The number of hydrogen-bond acceptors (Lipinski definition) is 3. The molecule has 1 atom stereocenters. The normalized spacial score (nSPS) is 12.5. The third kappa shape index (κ3) is 5.51. The van der Waals surface area contributed by atoms with Crippen LogP contribution in [-0.4, -0.2) is 19.8 Å². The van der Waals surface area contributed by atoms with Crippen LogP contribution in [0, 0.1) is 5.92 Å². The summed E-state index contributed by atoms with van der Waals surface area (Å²) in [5.41, 5.74) is 1.20. The molecule has 1 aromatic carbocycles. The number of rotatable bonds is 9. The van der Waals surface area contributed by atoms with Gasteiger partial charge >= 0.3 is 0 Å². The summed E-state index contributed by atoms with van der Waals surface area (Å²) in [6.07, 6.45) is 2.11. The minimum Gasteiger partial charge on any atom is -0.493 e. The minimum absolute atomic E-state index is 0.533. The van der Waals surface area contributed by atoms with E-state index in [1.807, 2.05) is 0 Å². The van der Waals surface area contributed by atoms with Gasteiger partial charge in [0.05, 0.1) is 18.2 Å². The molecule has 0 aliphatic rings. The summed E-state index contributed by atoms with van der Waals surface area (Å²) in [6, 6.07) is 4.69. The molecule has 0 aliphatic heterocycles. The highest BCUT2D eigenvalue weighted by molar-refractivity contribution is 9.10. The molecule has 3 nitrogen and oxygen atoms in total. The predicted octanol–water partition coefficient (Wildman–Crippen LogP) is 4.77. The highest BCUT2D eigenvalue weighted by Crippen LogP contribution is 2.36. The summed E-state index contributed by atoms with van der Waals surface area (Å²) >= 11 is 3.59. The van der Waals surface area contributed by atoms with E-state index >= 15 is 0 Å². The van der Waals surface area contributed by atoms with E-state index in [0.29, 0.717) is 18.6 Å². The molecule has 0 saturated heterocycles. The van der Waals surface area contributed by atoms with E-state index in [2.05, 4.69) is 61.1 Å². The van der Waals surface area contributed by atoms with Crippen LogP contribution in [-0.2, 0) is 6.54 Å². The van der Waals surface area contributed by atoms with Crippen LogP contribution in [0.2, 0.25) is 0 Å². The van der Waals surface area contributed by atoms with Gasteiger partial charge in [-0.05, 0) is 52.4 Å². The molecule has 120 valence electrons. The largest absolute Gasteiger partial charge is 0.493 e. The average Bonchev–Trinajstić information content (AvgIpc) is 2.45. The van der Waals surface area contributed by atoms with Gasteiger partial charge < -0.3 is 14.8 Å². The van der Waals surface area contributed by atoms with Crippen LogP contribution in [0.4, 0.5) is 0 Å². The quantitative estimate of drug-likeness (QED) is 0.690. The molecule has 0 spiro atoms. The zero-order chi connectivity index (χ0) is 15.8. The Kier molecular flexibility index (Phi) is 8.12. The fourth-order valence-electron chi connectivity index (χ4n) is 2.32. The second kappa shape index (κ2) is 9.31. The zero-order valence-electron chi connectivity index (χ0n) is 13.8. The lowest BCUT2D eigenvalue weighted by Crippen LogP contribution is -2.32. The Bertz CT molecular complexity index is 435. The summed E-state index contributed by atoms with van der Waals surface area (Å²) in [5.74, 6) is 2.21. The van der Waals surface area contributed by atoms with E-state index in [0.717, 1.165) is 35.4 Å². The average molecular weight is 358 g/mol. The molecule has 0 aliphatic carbocycles. The molecule has 1 aromatic rings. The summed E-state index contributed by atoms with van der Waals surface area (Å²) in [4.78, 5) is 0. The van der Waals surface area contributed by atoms with Crippen LogP contribution in [0.3, 0.4) is 0 Å². The van der Waals surface area contributed by atoms with Gasteiger partial charge in [-0.25, -0.2) is 0 Å². The molecule has 0 saturated carbocycles. The molecule has 21 heavy (non-hydrogen) atoms. The lowest BCUT2D eigenvalue weighted by molar-refractivity contribution is 0.292. The van der Waals surface area contributed by atoms with E-state index in [1.165, 1.54) is 5.56 Å². The van der Waals surface area contributed by atoms with Gasteiger partial charge in [0, 0.05) is 12.6 Å². The van der Waals surface area contributed by atoms with E-state index in [9.17, 15) is 0 Å².